The summed E-state index contributed by atoms with van der Waals surface area (Å²) in [5, 5.41) is 17.6. The van der Waals surface area contributed by atoms with Crippen LogP contribution in [0.15, 0.2) is 0 Å². The zero-order chi connectivity index (χ0) is 18.8. The summed E-state index contributed by atoms with van der Waals surface area (Å²) >= 11 is 0. The highest BCUT2D eigenvalue weighted by atomic mass is 16.5. The van der Waals surface area contributed by atoms with Gasteiger partial charge in [-0.05, 0) is 12.8 Å². The molecule has 0 fully saturated rings. The third-order valence-corrected chi connectivity index (χ3v) is 4.52. The third-order valence-electron chi connectivity index (χ3n) is 4.52. The molecule has 5 nitrogen and oxygen atoms in total. The second-order valence-corrected chi connectivity index (χ2v) is 6.93. The molecule has 0 rings (SSSR count). The lowest BCUT2D eigenvalue weighted by molar-refractivity contribution is -0.145. The second kappa shape index (κ2) is 17.7. The maximum absolute atomic E-state index is 11.0. The van der Waals surface area contributed by atoms with E-state index < -0.39 is 17.9 Å². The average Bonchev–Trinajstić information content (AvgIpc) is 2.57. The van der Waals surface area contributed by atoms with Crippen LogP contribution < -0.4 is 0 Å². The van der Waals surface area contributed by atoms with Crippen molar-refractivity contribution in [2.45, 2.75) is 96.8 Å². The van der Waals surface area contributed by atoms with Crippen LogP contribution in [0.25, 0.3) is 0 Å². The van der Waals surface area contributed by atoms with Gasteiger partial charge in [0.1, 0.15) is 0 Å². The van der Waals surface area contributed by atoms with E-state index in [1.165, 1.54) is 64.2 Å². The maximum Gasteiger partial charge on any atom is 0.308 e. The fourth-order valence-corrected chi connectivity index (χ4v) is 2.85. The second-order valence-electron chi connectivity index (χ2n) is 6.93. The molecule has 0 saturated heterocycles. The fourth-order valence-electron chi connectivity index (χ4n) is 2.85. The van der Waals surface area contributed by atoms with Crippen molar-refractivity contribution in [3.63, 3.8) is 0 Å². The van der Waals surface area contributed by atoms with Crippen molar-refractivity contribution in [3.8, 4) is 0 Å². The Morgan fingerprint density at radius 1 is 0.800 bits per heavy atom. The van der Waals surface area contributed by atoms with Gasteiger partial charge in [-0.3, -0.25) is 9.59 Å². The van der Waals surface area contributed by atoms with E-state index in [1.54, 1.807) is 0 Å². The smallest absolute Gasteiger partial charge is 0.308 e. The van der Waals surface area contributed by atoms with E-state index in [2.05, 4.69) is 6.92 Å². The standard InChI is InChI=1S/C20H38O5/c1-2-3-4-5-6-7-8-9-10-11-12-13-16-25-17-18(20(23)24)14-15-19(21)22/h18H,2-17H2,1H3,(H,21,22)(H,23,24). The molecule has 0 aromatic carbocycles. The van der Waals surface area contributed by atoms with Gasteiger partial charge in [0, 0.05) is 13.0 Å². The van der Waals surface area contributed by atoms with Gasteiger partial charge in [0.25, 0.3) is 0 Å². The molecule has 0 aromatic heterocycles. The Hall–Kier alpha value is -1.10. The summed E-state index contributed by atoms with van der Waals surface area (Å²) in [5.74, 6) is -2.66. The first-order valence-electron chi connectivity index (χ1n) is 10.1. The van der Waals surface area contributed by atoms with Gasteiger partial charge in [-0.25, -0.2) is 0 Å². The van der Waals surface area contributed by atoms with E-state index in [0.717, 1.165) is 12.8 Å². The Kier molecular flexibility index (Phi) is 16.9. The van der Waals surface area contributed by atoms with Gasteiger partial charge in [-0.15, -0.1) is 0 Å². The molecule has 0 aliphatic rings. The monoisotopic (exact) mass is 358 g/mol. The van der Waals surface area contributed by atoms with Crippen LogP contribution in [-0.4, -0.2) is 35.4 Å². The predicted molar refractivity (Wildman–Crippen MR) is 99.9 cm³/mol. The Labute approximate surface area is 153 Å². The molecule has 25 heavy (non-hydrogen) atoms. The lowest BCUT2D eigenvalue weighted by Crippen LogP contribution is -2.21. The highest BCUT2D eigenvalue weighted by Crippen LogP contribution is 2.12. The first-order chi connectivity index (χ1) is 12.1. The SMILES string of the molecule is CCCCCCCCCCCCCCOCC(CCC(=O)O)C(=O)O. The number of rotatable bonds is 19. The molecule has 0 aromatic rings. The summed E-state index contributed by atoms with van der Waals surface area (Å²) < 4.78 is 5.41. The lowest BCUT2D eigenvalue weighted by Gasteiger charge is -2.11. The van der Waals surface area contributed by atoms with E-state index in [-0.39, 0.29) is 19.4 Å². The van der Waals surface area contributed by atoms with Crippen LogP contribution in [0.5, 0.6) is 0 Å². The predicted octanol–water partition coefficient (Wildman–Crippen LogP) is 5.27. The van der Waals surface area contributed by atoms with Crippen molar-refractivity contribution in [2.24, 2.45) is 5.92 Å². The Bertz CT molecular complexity index is 330. The van der Waals surface area contributed by atoms with Crippen molar-refractivity contribution in [2.75, 3.05) is 13.2 Å². The molecule has 0 heterocycles. The number of ether oxygens (including phenoxy) is 1. The molecule has 0 spiro atoms. The lowest BCUT2D eigenvalue weighted by atomic mass is 10.0. The van der Waals surface area contributed by atoms with Gasteiger partial charge in [-0.1, -0.05) is 77.6 Å². The van der Waals surface area contributed by atoms with E-state index in [9.17, 15) is 9.59 Å². The normalized spacial score (nSPS) is 12.2. The molecule has 0 aliphatic carbocycles. The minimum Gasteiger partial charge on any atom is -0.481 e. The zero-order valence-electron chi connectivity index (χ0n) is 16.0. The summed E-state index contributed by atoms with van der Waals surface area (Å²) in [6.07, 6.45) is 15.4. The van der Waals surface area contributed by atoms with Crippen molar-refractivity contribution >= 4 is 11.9 Å². The molecule has 0 amide bonds. The summed E-state index contributed by atoms with van der Waals surface area (Å²) in [5.41, 5.74) is 0. The molecule has 2 N–H and O–H groups in total. The number of carboxylic acid groups (broad SMARTS) is 2. The first-order valence-corrected chi connectivity index (χ1v) is 10.1. The summed E-state index contributed by atoms with van der Waals surface area (Å²) in [6.45, 7) is 2.92. The van der Waals surface area contributed by atoms with Gasteiger partial charge in [0.2, 0.25) is 0 Å². The van der Waals surface area contributed by atoms with Crippen LogP contribution in [0.3, 0.4) is 0 Å². The summed E-state index contributed by atoms with van der Waals surface area (Å²) in [6, 6.07) is 0. The number of carbonyl (C=O) groups is 2. The number of carboxylic acids is 2. The zero-order valence-corrected chi connectivity index (χ0v) is 16.0. The molecule has 1 unspecified atom stereocenters. The van der Waals surface area contributed by atoms with E-state index in [0.29, 0.717) is 6.61 Å². The summed E-state index contributed by atoms with van der Waals surface area (Å²) in [4.78, 5) is 21.5. The highest BCUT2D eigenvalue weighted by molar-refractivity contribution is 5.72. The van der Waals surface area contributed by atoms with Crippen molar-refractivity contribution in [1.82, 2.24) is 0 Å². The minimum absolute atomic E-state index is 0.112. The van der Waals surface area contributed by atoms with Crippen LogP contribution >= 0.6 is 0 Å². The largest absolute Gasteiger partial charge is 0.481 e. The maximum atomic E-state index is 11.0. The topological polar surface area (TPSA) is 83.8 Å². The van der Waals surface area contributed by atoms with Gasteiger partial charge >= 0.3 is 11.9 Å². The molecular weight excluding hydrogens is 320 g/mol. The Morgan fingerprint density at radius 2 is 1.28 bits per heavy atom. The third kappa shape index (κ3) is 17.5. The van der Waals surface area contributed by atoms with Gasteiger partial charge in [0.15, 0.2) is 0 Å². The van der Waals surface area contributed by atoms with Crippen molar-refractivity contribution in [1.29, 1.82) is 0 Å². The van der Waals surface area contributed by atoms with Crippen LogP contribution in [-0.2, 0) is 14.3 Å². The average molecular weight is 359 g/mol. The molecule has 1 atom stereocenters. The number of hydrogen-bond donors (Lipinski definition) is 2. The van der Waals surface area contributed by atoms with Crippen LogP contribution in [0.1, 0.15) is 96.8 Å². The van der Waals surface area contributed by atoms with Gasteiger partial charge in [-0.2, -0.15) is 0 Å². The number of unbranched alkanes of at least 4 members (excludes halogenated alkanes) is 11. The number of aliphatic carboxylic acids is 2. The molecule has 0 bridgehead atoms. The van der Waals surface area contributed by atoms with E-state index >= 15 is 0 Å². The molecule has 0 saturated carbocycles. The van der Waals surface area contributed by atoms with Crippen LogP contribution in [0.2, 0.25) is 0 Å². The highest BCUT2D eigenvalue weighted by Gasteiger charge is 2.18. The molecule has 0 radical (unpaired) electrons. The molecular formula is C20H38O5. The van der Waals surface area contributed by atoms with Gasteiger partial charge in [0.05, 0.1) is 12.5 Å². The van der Waals surface area contributed by atoms with Crippen LogP contribution in [0, 0.1) is 5.92 Å². The fraction of sp³-hybridized carbons (Fsp3) is 0.900. The molecule has 148 valence electrons. The quantitative estimate of drug-likeness (QED) is 0.307. The summed E-state index contributed by atoms with van der Waals surface area (Å²) in [7, 11) is 0. The molecule has 5 heteroatoms. The van der Waals surface area contributed by atoms with Crippen molar-refractivity contribution in [3.05, 3.63) is 0 Å². The number of hydrogen-bond acceptors (Lipinski definition) is 3. The Balaban J connectivity index is 3.34. The first kappa shape index (κ1) is 23.9. The van der Waals surface area contributed by atoms with Gasteiger partial charge < -0.3 is 14.9 Å². The van der Waals surface area contributed by atoms with Crippen molar-refractivity contribution < 1.29 is 24.5 Å². The van der Waals surface area contributed by atoms with Crippen LogP contribution in [0.4, 0.5) is 0 Å². The Morgan fingerprint density at radius 3 is 1.72 bits per heavy atom. The van der Waals surface area contributed by atoms with E-state index in [1.807, 2.05) is 0 Å². The minimum atomic E-state index is -0.976. The van der Waals surface area contributed by atoms with E-state index in [4.69, 9.17) is 14.9 Å². The molecule has 0 aliphatic heterocycles.